The summed E-state index contributed by atoms with van der Waals surface area (Å²) in [5.74, 6) is 0. The summed E-state index contributed by atoms with van der Waals surface area (Å²) in [7, 11) is 0. The Morgan fingerprint density at radius 3 is 2.67 bits per heavy atom. The second-order valence-corrected chi connectivity index (χ2v) is 5.73. The quantitative estimate of drug-likeness (QED) is 0.698. The van der Waals surface area contributed by atoms with Crippen molar-refractivity contribution >= 4 is 43.2 Å². The maximum atomic E-state index is 12.2. The fourth-order valence-electron chi connectivity index (χ4n) is 1.80. The fraction of sp³-hybridized carbons (Fsp3) is 0. The zero-order chi connectivity index (χ0) is 12.7. The van der Waals surface area contributed by atoms with E-state index in [4.69, 9.17) is 5.73 Å². The molecule has 90 valence electrons. The van der Waals surface area contributed by atoms with Gasteiger partial charge in [0.1, 0.15) is 0 Å². The van der Waals surface area contributed by atoms with Crippen LogP contribution in [0.2, 0.25) is 0 Å². The number of benzene rings is 2. The third-order valence-corrected chi connectivity index (χ3v) is 4.54. The van der Waals surface area contributed by atoms with Gasteiger partial charge in [-0.3, -0.25) is 4.79 Å². The van der Waals surface area contributed by atoms with Gasteiger partial charge in [-0.2, -0.15) is 0 Å². The molecule has 0 aliphatic rings. The third-order valence-electron chi connectivity index (χ3n) is 2.71. The Kier molecular flexibility index (Phi) is 2.72. The molecule has 0 saturated heterocycles. The number of rotatable bonds is 1. The average Bonchev–Trinajstić information content (AvgIpc) is 2.71. The van der Waals surface area contributed by atoms with Crippen molar-refractivity contribution < 1.29 is 0 Å². The van der Waals surface area contributed by atoms with E-state index in [1.807, 2.05) is 36.4 Å². The minimum atomic E-state index is -0.00248. The number of hydrogen-bond donors (Lipinski definition) is 1. The van der Waals surface area contributed by atoms with Gasteiger partial charge in [-0.05, 0) is 46.3 Å². The first-order valence-electron chi connectivity index (χ1n) is 5.33. The Labute approximate surface area is 116 Å². The van der Waals surface area contributed by atoms with Crippen LogP contribution in [0.15, 0.2) is 51.7 Å². The Bertz CT molecular complexity index is 791. The van der Waals surface area contributed by atoms with E-state index in [1.165, 1.54) is 11.5 Å². The standard InChI is InChI=1S/C13H9BrN2OS/c14-10-6-5-8(7-11(10)15)16-13(17)9-3-1-2-4-12(9)18-16/h1-7H,15H2. The molecule has 3 nitrogen and oxygen atoms in total. The van der Waals surface area contributed by atoms with Crippen LogP contribution in [0.1, 0.15) is 0 Å². The predicted octanol–water partition coefficient (Wildman–Crippen LogP) is 3.40. The maximum absolute atomic E-state index is 12.2. The third kappa shape index (κ3) is 1.76. The number of nitrogens with two attached hydrogens (primary N) is 1. The normalized spacial score (nSPS) is 10.9. The first-order chi connectivity index (χ1) is 8.66. The van der Waals surface area contributed by atoms with E-state index in [1.54, 1.807) is 10.0 Å². The van der Waals surface area contributed by atoms with Crippen molar-refractivity contribution in [3.05, 3.63) is 57.3 Å². The van der Waals surface area contributed by atoms with Crippen LogP contribution in [-0.2, 0) is 0 Å². The Morgan fingerprint density at radius 1 is 1.17 bits per heavy atom. The summed E-state index contributed by atoms with van der Waals surface area (Å²) in [6.45, 7) is 0. The maximum Gasteiger partial charge on any atom is 0.273 e. The molecule has 2 aromatic carbocycles. The van der Waals surface area contributed by atoms with Crippen molar-refractivity contribution in [2.75, 3.05) is 5.73 Å². The fourth-order valence-corrected chi connectivity index (χ4v) is 3.04. The number of hydrogen-bond acceptors (Lipinski definition) is 3. The Morgan fingerprint density at radius 2 is 1.94 bits per heavy atom. The molecule has 0 saturated carbocycles. The van der Waals surface area contributed by atoms with Gasteiger partial charge < -0.3 is 5.73 Å². The number of fused-ring (bicyclic) bond motifs is 1. The summed E-state index contributed by atoms with van der Waals surface area (Å²) in [6.07, 6.45) is 0. The molecule has 0 spiro atoms. The van der Waals surface area contributed by atoms with Gasteiger partial charge >= 0.3 is 0 Å². The van der Waals surface area contributed by atoms with Crippen LogP contribution in [0, 0.1) is 0 Å². The summed E-state index contributed by atoms with van der Waals surface area (Å²) in [6, 6.07) is 13.1. The molecular weight excluding hydrogens is 312 g/mol. The first kappa shape index (κ1) is 11.5. The highest BCUT2D eigenvalue weighted by atomic mass is 79.9. The molecule has 5 heteroatoms. The molecule has 0 atom stereocenters. The predicted molar refractivity (Wildman–Crippen MR) is 79.5 cm³/mol. The lowest BCUT2D eigenvalue weighted by molar-refractivity contribution is 1.14. The van der Waals surface area contributed by atoms with Crippen LogP contribution in [0.3, 0.4) is 0 Å². The number of anilines is 1. The van der Waals surface area contributed by atoms with E-state index in [9.17, 15) is 4.79 Å². The van der Waals surface area contributed by atoms with E-state index in [0.29, 0.717) is 5.69 Å². The van der Waals surface area contributed by atoms with Gasteiger partial charge in [0, 0.05) is 10.2 Å². The molecule has 3 aromatic rings. The number of nitrogen functional groups attached to an aromatic ring is 1. The summed E-state index contributed by atoms with van der Waals surface area (Å²) in [4.78, 5) is 12.2. The minimum absolute atomic E-state index is 0.00248. The summed E-state index contributed by atoms with van der Waals surface area (Å²) < 4.78 is 3.47. The highest BCUT2D eigenvalue weighted by molar-refractivity contribution is 9.10. The molecule has 3 rings (SSSR count). The number of nitrogens with zero attached hydrogens (tertiary/aromatic N) is 1. The molecule has 1 heterocycles. The Balaban J connectivity index is 2.28. The van der Waals surface area contributed by atoms with E-state index in [-0.39, 0.29) is 5.56 Å². The van der Waals surface area contributed by atoms with E-state index in [2.05, 4.69) is 15.9 Å². The number of aromatic nitrogens is 1. The molecule has 0 amide bonds. The van der Waals surface area contributed by atoms with E-state index < -0.39 is 0 Å². The second-order valence-electron chi connectivity index (χ2n) is 3.89. The molecule has 0 fully saturated rings. The summed E-state index contributed by atoms with van der Waals surface area (Å²) >= 11 is 4.77. The van der Waals surface area contributed by atoms with Crippen molar-refractivity contribution in [2.24, 2.45) is 0 Å². The lowest BCUT2D eigenvalue weighted by Gasteiger charge is -2.03. The van der Waals surface area contributed by atoms with Gasteiger partial charge in [-0.25, -0.2) is 3.96 Å². The van der Waals surface area contributed by atoms with Crippen molar-refractivity contribution in [1.29, 1.82) is 0 Å². The van der Waals surface area contributed by atoms with E-state index >= 15 is 0 Å². The SMILES string of the molecule is Nc1cc(-n2sc3ccccc3c2=O)ccc1Br. The van der Waals surface area contributed by atoms with Crippen LogP contribution in [-0.4, -0.2) is 3.96 Å². The average molecular weight is 321 g/mol. The van der Waals surface area contributed by atoms with Crippen molar-refractivity contribution in [3.63, 3.8) is 0 Å². The van der Waals surface area contributed by atoms with Crippen molar-refractivity contribution in [3.8, 4) is 5.69 Å². The monoisotopic (exact) mass is 320 g/mol. The van der Waals surface area contributed by atoms with Crippen LogP contribution in [0.4, 0.5) is 5.69 Å². The van der Waals surface area contributed by atoms with Crippen molar-refractivity contribution in [1.82, 2.24) is 3.96 Å². The lowest BCUT2D eigenvalue weighted by atomic mass is 10.2. The van der Waals surface area contributed by atoms with Crippen LogP contribution < -0.4 is 11.3 Å². The molecule has 1 aromatic heterocycles. The van der Waals surface area contributed by atoms with Crippen LogP contribution in [0.25, 0.3) is 15.8 Å². The molecule has 18 heavy (non-hydrogen) atoms. The molecule has 0 aliphatic heterocycles. The van der Waals surface area contributed by atoms with Crippen molar-refractivity contribution in [2.45, 2.75) is 0 Å². The van der Waals surface area contributed by atoms with Gasteiger partial charge in [0.25, 0.3) is 5.56 Å². The second kappa shape index (κ2) is 4.26. The number of halogens is 1. The zero-order valence-electron chi connectivity index (χ0n) is 9.26. The topological polar surface area (TPSA) is 48.0 Å². The molecule has 0 radical (unpaired) electrons. The molecule has 0 aliphatic carbocycles. The Hall–Kier alpha value is -1.59. The molecule has 0 unspecified atom stereocenters. The summed E-state index contributed by atoms with van der Waals surface area (Å²) in [5.41, 5.74) is 7.26. The smallest absolute Gasteiger partial charge is 0.273 e. The molecular formula is C13H9BrN2OS. The summed E-state index contributed by atoms with van der Waals surface area (Å²) in [5, 5.41) is 0.740. The lowest BCUT2D eigenvalue weighted by Crippen LogP contribution is -2.10. The zero-order valence-corrected chi connectivity index (χ0v) is 11.7. The first-order valence-corrected chi connectivity index (χ1v) is 6.90. The van der Waals surface area contributed by atoms with Gasteiger partial charge in [-0.1, -0.05) is 23.7 Å². The van der Waals surface area contributed by atoms with Crippen LogP contribution in [0.5, 0.6) is 0 Å². The van der Waals surface area contributed by atoms with Gasteiger partial charge in [0.2, 0.25) is 0 Å². The molecule has 0 bridgehead atoms. The molecule has 2 N–H and O–H groups in total. The van der Waals surface area contributed by atoms with Crippen LogP contribution >= 0.6 is 27.5 Å². The van der Waals surface area contributed by atoms with E-state index in [0.717, 1.165) is 20.2 Å². The highest BCUT2D eigenvalue weighted by Crippen LogP contribution is 2.25. The largest absolute Gasteiger partial charge is 0.398 e. The van der Waals surface area contributed by atoms with Gasteiger partial charge in [0.15, 0.2) is 0 Å². The highest BCUT2D eigenvalue weighted by Gasteiger charge is 2.09. The van der Waals surface area contributed by atoms with Gasteiger partial charge in [-0.15, -0.1) is 0 Å². The minimum Gasteiger partial charge on any atom is -0.398 e. The van der Waals surface area contributed by atoms with Gasteiger partial charge in [0.05, 0.1) is 15.8 Å².